The highest BCUT2D eigenvalue weighted by Crippen LogP contribution is 2.26. The highest BCUT2D eigenvalue weighted by atomic mass is 32.1. The molecule has 2 N–H and O–H groups in total. The first kappa shape index (κ1) is 17.8. The fraction of sp³-hybridized carbons (Fsp3) is 0.300. The smallest absolute Gasteiger partial charge is 0.261 e. The molecule has 140 valence electrons. The Hall–Kier alpha value is -2.64. The number of carbonyl (C=O) groups excluding carboxylic acids is 1. The molecule has 3 aromatic rings. The van der Waals surface area contributed by atoms with Crippen molar-refractivity contribution in [2.24, 2.45) is 0 Å². The lowest BCUT2D eigenvalue weighted by molar-refractivity contribution is 0.0949. The molecule has 7 heteroatoms. The van der Waals surface area contributed by atoms with Crippen LogP contribution in [0.25, 0.3) is 0 Å². The molecule has 6 nitrogen and oxygen atoms in total. The Kier molecular flexibility index (Phi) is 4.96. The molecule has 0 saturated heterocycles. The van der Waals surface area contributed by atoms with Crippen molar-refractivity contribution in [1.29, 1.82) is 0 Å². The van der Waals surface area contributed by atoms with Gasteiger partial charge < -0.3 is 14.9 Å². The highest BCUT2D eigenvalue weighted by molar-refractivity contribution is 7.07. The summed E-state index contributed by atoms with van der Waals surface area (Å²) in [6.07, 6.45) is 2.11. The van der Waals surface area contributed by atoms with Gasteiger partial charge in [0.25, 0.3) is 11.5 Å². The average Bonchev–Trinajstić information content (AvgIpc) is 3.34. The molecule has 1 aliphatic rings. The zero-order chi connectivity index (χ0) is 18.8. The molecule has 4 rings (SSSR count). The number of aromatic amines is 1. The third-order valence-electron chi connectivity index (χ3n) is 5.09. The molecule has 1 aliphatic heterocycles. The van der Waals surface area contributed by atoms with Crippen molar-refractivity contribution in [3.8, 4) is 0 Å². The molecule has 3 aromatic heterocycles. The monoisotopic (exact) mass is 382 g/mol. The molecule has 1 unspecified atom stereocenters. The molecule has 0 fully saturated rings. The Morgan fingerprint density at radius 3 is 2.96 bits per heavy atom. The number of nitrogens with one attached hydrogen (secondary N) is 2. The van der Waals surface area contributed by atoms with Gasteiger partial charge in [0.15, 0.2) is 0 Å². The summed E-state index contributed by atoms with van der Waals surface area (Å²) in [6.45, 7) is 5.12. The number of hydrogen-bond donors (Lipinski definition) is 2. The minimum absolute atomic E-state index is 0.148. The van der Waals surface area contributed by atoms with E-state index in [1.807, 2.05) is 22.9 Å². The first-order chi connectivity index (χ1) is 13.1. The second-order valence-corrected chi connectivity index (χ2v) is 7.59. The number of nitrogens with zero attached hydrogens (tertiary/aromatic N) is 2. The Morgan fingerprint density at radius 1 is 1.30 bits per heavy atom. The van der Waals surface area contributed by atoms with E-state index in [9.17, 15) is 9.59 Å². The summed E-state index contributed by atoms with van der Waals surface area (Å²) in [5.41, 5.74) is 2.94. The predicted molar refractivity (Wildman–Crippen MR) is 106 cm³/mol. The third-order valence-corrected chi connectivity index (χ3v) is 5.82. The van der Waals surface area contributed by atoms with E-state index in [0.717, 1.165) is 24.3 Å². The Labute approximate surface area is 161 Å². The van der Waals surface area contributed by atoms with E-state index in [-0.39, 0.29) is 23.1 Å². The maximum absolute atomic E-state index is 12.4. The van der Waals surface area contributed by atoms with E-state index >= 15 is 0 Å². The summed E-state index contributed by atoms with van der Waals surface area (Å²) < 4.78 is 2.27. The fourth-order valence-electron chi connectivity index (χ4n) is 3.52. The SMILES string of the molecule is CC1c2cccn2CCN1Cc1ccc(C(=O)NCc2ccsc2)c(=O)[nH]1. The predicted octanol–water partition coefficient (Wildman–Crippen LogP) is 2.74. The molecule has 0 bridgehead atoms. The van der Waals surface area contributed by atoms with Crippen LogP contribution in [-0.2, 0) is 19.6 Å². The van der Waals surface area contributed by atoms with Crippen molar-refractivity contribution in [3.05, 3.63) is 80.2 Å². The first-order valence-electron chi connectivity index (χ1n) is 9.02. The van der Waals surface area contributed by atoms with Crippen LogP contribution in [0.1, 0.15) is 40.3 Å². The molecule has 0 spiro atoms. The number of aromatic nitrogens is 2. The standard InChI is InChI=1S/C20H22N4O2S/c1-14-18-3-2-7-23(18)8-9-24(14)12-16-4-5-17(20(26)22-16)19(25)21-11-15-6-10-27-13-15/h2-7,10,13-14H,8-9,11-12H2,1H3,(H,21,25)(H,22,26). The Balaban J connectivity index is 1.43. The van der Waals surface area contributed by atoms with E-state index < -0.39 is 0 Å². The van der Waals surface area contributed by atoms with Crippen molar-refractivity contribution in [2.45, 2.75) is 32.6 Å². The van der Waals surface area contributed by atoms with Gasteiger partial charge in [0, 0.05) is 49.8 Å². The zero-order valence-electron chi connectivity index (χ0n) is 15.1. The van der Waals surface area contributed by atoms with Crippen LogP contribution in [0.4, 0.5) is 0 Å². The van der Waals surface area contributed by atoms with Crippen LogP contribution in [0.3, 0.4) is 0 Å². The van der Waals surface area contributed by atoms with Gasteiger partial charge >= 0.3 is 0 Å². The molecule has 0 aromatic carbocycles. The number of hydrogen-bond acceptors (Lipinski definition) is 4. The van der Waals surface area contributed by atoms with Gasteiger partial charge in [0.05, 0.1) is 0 Å². The molecule has 0 aliphatic carbocycles. The first-order valence-corrected chi connectivity index (χ1v) is 9.96. The molecule has 1 atom stereocenters. The van der Waals surface area contributed by atoms with Crippen LogP contribution in [-0.4, -0.2) is 26.9 Å². The fourth-order valence-corrected chi connectivity index (χ4v) is 4.19. The highest BCUT2D eigenvalue weighted by Gasteiger charge is 2.23. The lowest BCUT2D eigenvalue weighted by Gasteiger charge is -2.34. The topological polar surface area (TPSA) is 70.1 Å². The van der Waals surface area contributed by atoms with Crippen molar-refractivity contribution in [2.75, 3.05) is 6.54 Å². The van der Waals surface area contributed by atoms with Crippen molar-refractivity contribution >= 4 is 17.2 Å². The minimum atomic E-state index is -0.349. The maximum Gasteiger partial charge on any atom is 0.261 e. The zero-order valence-corrected chi connectivity index (χ0v) is 16.0. The van der Waals surface area contributed by atoms with Crippen LogP contribution in [0.5, 0.6) is 0 Å². The molecular weight excluding hydrogens is 360 g/mol. The van der Waals surface area contributed by atoms with Crippen molar-refractivity contribution < 1.29 is 4.79 Å². The third kappa shape index (κ3) is 3.74. The van der Waals surface area contributed by atoms with Crippen molar-refractivity contribution in [3.63, 3.8) is 0 Å². The molecule has 0 saturated carbocycles. The average molecular weight is 382 g/mol. The van der Waals surface area contributed by atoms with Gasteiger partial charge in [0.2, 0.25) is 0 Å². The number of H-pyrrole nitrogens is 1. The number of carbonyl (C=O) groups is 1. The van der Waals surface area contributed by atoms with Gasteiger partial charge in [-0.1, -0.05) is 0 Å². The molecular formula is C20H22N4O2S. The van der Waals surface area contributed by atoms with Crippen LogP contribution in [0.2, 0.25) is 0 Å². The minimum Gasteiger partial charge on any atom is -0.349 e. The molecule has 1 amide bonds. The second-order valence-electron chi connectivity index (χ2n) is 6.81. The van der Waals surface area contributed by atoms with Crippen LogP contribution in [0.15, 0.2) is 52.1 Å². The summed E-state index contributed by atoms with van der Waals surface area (Å²) >= 11 is 1.58. The molecule has 0 radical (unpaired) electrons. The Bertz CT molecular complexity index is 990. The number of amides is 1. The van der Waals surface area contributed by atoms with Gasteiger partial charge in [0.1, 0.15) is 5.56 Å². The largest absolute Gasteiger partial charge is 0.349 e. The summed E-state index contributed by atoms with van der Waals surface area (Å²) in [5.74, 6) is -0.349. The van der Waals surface area contributed by atoms with Gasteiger partial charge in [-0.15, -0.1) is 0 Å². The van der Waals surface area contributed by atoms with Gasteiger partial charge in [-0.3, -0.25) is 14.5 Å². The van der Waals surface area contributed by atoms with E-state index in [0.29, 0.717) is 13.1 Å². The summed E-state index contributed by atoms with van der Waals surface area (Å²) in [4.78, 5) is 29.9. The lowest BCUT2D eigenvalue weighted by atomic mass is 10.1. The van der Waals surface area contributed by atoms with Crippen LogP contribution >= 0.6 is 11.3 Å². The molecule has 4 heterocycles. The number of pyridine rings is 1. The van der Waals surface area contributed by atoms with Gasteiger partial charge in [-0.05, 0) is 53.6 Å². The summed E-state index contributed by atoms with van der Waals surface area (Å²) in [7, 11) is 0. The van der Waals surface area contributed by atoms with Crippen LogP contribution in [0, 0.1) is 0 Å². The van der Waals surface area contributed by atoms with Crippen molar-refractivity contribution in [1.82, 2.24) is 19.8 Å². The summed E-state index contributed by atoms with van der Waals surface area (Å²) in [6, 6.07) is 9.90. The second kappa shape index (κ2) is 7.54. The van der Waals surface area contributed by atoms with Crippen LogP contribution < -0.4 is 10.9 Å². The normalized spacial score (nSPS) is 16.9. The number of rotatable bonds is 5. The quantitative estimate of drug-likeness (QED) is 0.713. The maximum atomic E-state index is 12.4. The summed E-state index contributed by atoms with van der Waals surface area (Å²) in [5, 5.41) is 6.73. The van der Waals surface area contributed by atoms with E-state index in [2.05, 4.69) is 45.0 Å². The van der Waals surface area contributed by atoms with E-state index in [1.54, 1.807) is 17.4 Å². The lowest BCUT2D eigenvalue weighted by Crippen LogP contribution is -2.36. The van der Waals surface area contributed by atoms with E-state index in [4.69, 9.17) is 0 Å². The number of fused-ring (bicyclic) bond motifs is 1. The Morgan fingerprint density at radius 2 is 2.19 bits per heavy atom. The van der Waals surface area contributed by atoms with E-state index in [1.165, 1.54) is 5.69 Å². The van der Waals surface area contributed by atoms with Gasteiger partial charge in [-0.2, -0.15) is 11.3 Å². The number of thiophene rings is 1. The van der Waals surface area contributed by atoms with Gasteiger partial charge in [-0.25, -0.2) is 0 Å². The molecule has 27 heavy (non-hydrogen) atoms.